The number of aliphatic hydroxyl groups is 2. The van der Waals surface area contributed by atoms with Gasteiger partial charge in [-0.2, -0.15) is 0 Å². The number of phosphoric ester groups is 1. The molecule has 7 heteroatoms. The van der Waals surface area contributed by atoms with Gasteiger partial charge in [-0.05, 0) is 46.0 Å². The molecule has 0 aromatic carbocycles. The first-order valence-corrected chi connectivity index (χ1v) is 13.8. The van der Waals surface area contributed by atoms with Crippen LogP contribution in [0.15, 0.2) is 47.3 Å². The van der Waals surface area contributed by atoms with Crippen molar-refractivity contribution in [3.05, 3.63) is 47.3 Å². The summed E-state index contributed by atoms with van der Waals surface area (Å²) >= 11 is 0. The Morgan fingerprint density at radius 3 is 1.11 bits per heavy atom. The van der Waals surface area contributed by atoms with E-state index in [1.807, 2.05) is 83.1 Å². The summed E-state index contributed by atoms with van der Waals surface area (Å²) in [4.78, 5) is 10.8. The number of aliphatic hydroxyl groups excluding tert-OH is 2. The summed E-state index contributed by atoms with van der Waals surface area (Å²) in [7, 11) is -4.55. The van der Waals surface area contributed by atoms with Gasteiger partial charge in [-0.1, -0.05) is 83.1 Å². The topological polar surface area (TPSA) is 96.2 Å². The molecule has 0 fully saturated rings. The Morgan fingerprint density at radius 2 is 0.886 bits per heavy atom. The van der Waals surface area contributed by atoms with E-state index in [9.17, 15) is 19.7 Å². The fourth-order valence-corrected chi connectivity index (χ4v) is 7.62. The molecule has 0 heterocycles. The summed E-state index contributed by atoms with van der Waals surface area (Å²) in [5.41, 5.74) is -2.86. The van der Waals surface area contributed by atoms with Crippen molar-refractivity contribution in [1.29, 1.82) is 0 Å². The zero-order valence-electron chi connectivity index (χ0n) is 23.7. The van der Waals surface area contributed by atoms with Crippen molar-refractivity contribution in [2.45, 2.75) is 95.9 Å². The van der Waals surface area contributed by atoms with Crippen LogP contribution in [0.4, 0.5) is 0 Å². The highest BCUT2D eigenvalue weighted by atomic mass is 31.2. The van der Waals surface area contributed by atoms with Gasteiger partial charge in [0.05, 0.1) is 11.5 Å². The van der Waals surface area contributed by atoms with Crippen LogP contribution in [0.5, 0.6) is 0 Å². The third kappa shape index (κ3) is 5.11. The second-order valence-corrected chi connectivity index (χ2v) is 15.5. The summed E-state index contributed by atoms with van der Waals surface area (Å²) in [6.07, 6.45) is 6.69. The fraction of sp³-hybridized carbons (Fsp3) is 0.714. The normalized spacial score (nSPS) is 21.4. The molecule has 0 unspecified atom stereocenters. The number of allylic oxidation sites excluding steroid dienone is 8. The summed E-state index contributed by atoms with van der Waals surface area (Å²) in [5.74, 6) is 1.03. The maximum Gasteiger partial charge on any atom is 0.584 e. The molecular weight excluding hydrogens is 463 g/mol. The van der Waals surface area contributed by atoms with Gasteiger partial charge in [-0.15, -0.1) is 0 Å². The van der Waals surface area contributed by atoms with Gasteiger partial charge in [0, 0.05) is 23.7 Å². The van der Waals surface area contributed by atoms with E-state index >= 15 is 0 Å². The maximum absolute atomic E-state index is 13.2. The van der Waals surface area contributed by atoms with E-state index in [1.165, 1.54) is 12.2 Å². The average molecular weight is 511 g/mol. The van der Waals surface area contributed by atoms with Gasteiger partial charge in [0.2, 0.25) is 0 Å². The van der Waals surface area contributed by atoms with Crippen LogP contribution >= 0.6 is 7.82 Å². The molecule has 0 atom stereocenters. The van der Waals surface area contributed by atoms with Crippen molar-refractivity contribution >= 4 is 7.82 Å². The first kappa shape index (κ1) is 29.6. The second-order valence-electron chi connectivity index (χ2n) is 14.2. The highest BCUT2D eigenvalue weighted by Crippen LogP contribution is 2.64. The van der Waals surface area contributed by atoms with Gasteiger partial charge >= 0.3 is 7.82 Å². The molecule has 0 saturated carbocycles. The maximum atomic E-state index is 13.2. The first-order chi connectivity index (χ1) is 15.4. The summed E-state index contributed by atoms with van der Waals surface area (Å²) in [5, 5.41) is 21.9. The van der Waals surface area contributed by atoms with Crippen molar-refractivity contribution in [1.82, 2.24) is 0 Å². The van der Waals surface area contributed by atoms with Crippen molar-refractivity contribution in [2.24, 2.45) is 32.5 Å². The fourth-order valence-electron chi connectivity index (χ4n) is 6.74. The zero-order valence-corrected chi connectivity index (χ0v) is 24.6. The Morgan fingerprint density at radius 1 is 0.629 bits per heavy atom. The predicted octanol–water partition coefficient (Wildman–Crippen LogP) is 8.74. The third-order valence-electron chi connectivity index (χ3n) is 8.19. The monoisotopic (exact) mass is 510 g/mol. The molecule has 0 saturated heterocycles. The summed E-state index contributed by atoms with van der Waals surface area (Å²) < 4.78 is 24.4. The minimum absolute atomic E-state index is 0.231. The highest BCUT2D eigenvalue weighted by Gasteiger charge is 2.57. The zero-order chi connectivity index (χ0) is 27.5. The van der Waals surface area contributed by atoms with Crippen molar-refractivity contribution < 1.29 is 28.7 Å². The minimum Gasteiger partial charge on any atom is -0.512 e. The van der Waals surface area contributed by atoms with Crippen molar-refractivity contribution in [3.63, 3.8) is 0 Å². The first-order valence-electron chi connectivity index (χ1n) is 12.3. The van der Waals surface area contributed by atoms with Crippen LogP contribution in [0.25, 0.3) is 0 Å². The van der Waals surface area contributed by atoms with E-state index in [4.69, 9.17) is 9.05 Å². The van der Waals surface area contributed by atoms with E-state index in [1.54, 1.807) is 12.2 Å². The molecule has 0 aromatic rings. The van der Waals surface area contributed by atoms with Gasteiger partial charge in [-0.3, -0.25) is 4.89 Å². The Kier molecular flexibility index (Phi) is 7.38. The van der Waals surface area contributed by atoms with E-state index < -0.39 is 18.7 Å². The van der Waals surface area contributed by atoms with Crippen LogP contribution in [0.1, 0.15) is 95.9 Å². The number of hydrogen-bond donors (Lipinski definition) is 3. The van der Waals surface area contributed by atoms with Crippen molar-refractivity contribution in [3.8, 4) is 0 Å². The molecule has 2 rings (SSSR count). The van der Waals surface area contributed by atoms with Crippen LogP contribution < -0.4 is 0 Å². The largest absolute Gasteiger partial charge is 0.584 e. The van der Waals surface area contributed by atoms with Crippen LogP contribution in [0, 0.1) is 32.5 Å². The predicted molar refractivity (Wildman–Crippen MR) is 142 cm³/mol. The van der Waals surface area contributed by atoms with Crippen LogP contribution in [0.2, 0.25) is 0 Å². The number of hydrogen-bond acceptors (Lipinski definition) is 5. The lowest BCUT2D eigenvalue weighted by molar-refractivity contribution is -0.0427. The molecule has 35 heavy (non-hydrogen) atoms. The Balaban J connectivity index is 2.37. The smallest absolute Gasteiger partial charge is 0.512 e. The molecular formula is C28H47O6P. The standard InChI is InChI=1S/C28H47O6P/c1-23(2,3)27(24(4,5)6)17-19(13-15-21(27)29)33-35(31,32)34-20-14-16-22(30)28(18-20,25(7,8)9)26(10,11)12/h13-16,29-30H,17-18H2,1-12H3,(H,31,32). The van der Waals surface area contributed by atoms with Gasteiger partial charge in [-0.25, -0.2) is 4.57 Å². The molecule has 0 aromatic heterocycles. The highest BCUT2D eigenvalue weighted by molar-refractivity contribution is 7.47. The molecule has 0 spiro atoms. The van der Waals surface area contributed by atoms with E-state index in [-0.39, 0.29) is 57.5 Å². The molecule has 2 aliphatic rings. The number of phosphoric acid groups is 1. The van der Waals surface area contributed by atoms with Crippen LogP contribution in [-0.4, -0.2) is 15.1 Å². The average Bonchev–Trinajstić information content (AvgIpc) is 2.60. The van der Waals surface area contributed by atoms with Gasteiger partial charge in [0.15, 0.2) is 0 Å². The Labute approximate surface area is 212 Å². The van der Waals surface area contributed by atoms with Gasteiger partial charge in [0.25, 0.3) is 0 Å². The molecule has 0 radical (unpaired) electrons. The van der Waals surface area contributed by atoms with Gasteiger partial charge < -0.3 is 19.3 Å². The number of rotatable bonds is 4. The summed E-state index contributed by atoms with van der Waals surface area (Å²) in [6, 6.07) is 0. The lowest BCUT2D eigenvalue weighted by atomic mass is 9.50. The van der Waals surface area contributed by atoms with Crippen LogP contribution in [0.3, 0.4) is 0 Å². The molecule has 200 valence electrons. The van der Waals surface area contributed by atoms with E-state index in [2.05, 4.69) is 0 Å². The van der Waals surface area contributed by atoms with E-state index in [0.29, 0.717) is 0 Å². The van der Waals surface area contributed by atoms with Crippen LogP contribution in [-0.2, 0) is 13.6 Å². The Bertz CT molecular complexity index is 894. The summed E-state index contributed by atoms with van der Waals surface area (Å²) in [6.45, 7) is 24.6. The minimum atomic E-state index is -4.55. The second kappa shape index (κ2) is 8.73. The molecule has 0 amide bonds. The Hall–Kier alpha value is -1.65. The molecule has 0 aliphatic heterocycles. The lowest BCUT2D eigenvalue weighted by Gasteiger charge is -2.54. The lowest BCUT2D eigenvalue weighted by Crippen LogP contribution is -2.49. The third-order valence-corrected chi connectivity index (χ3v) is 9.12. The quantitative estimate of drug-likeness (QED) is 0.327. The molecule has 3 N–H and O–H groups in total. The van der Waals surface area contributed by atoms with Crippen molar-refractivity contribution in [2.75, 3.05) is 0 Å². The van der Waals surface area contributed by atoms with Gasteiger partial charge in [0.1, 0.15) is 11.5 Å². The SMILES string of the molecule is CC(C)(C)C1(C(C)(C)C)CC(OP(=O)(O)OC2=CC=C(O)C(C(C)(C)C)(C(C)(C)C)C2)=CC=C1O. The molecule has 0 bridgehead atoms. The molecule has 6 nitrogen and oxygen atoms in total. The molecule has 2 aliphatic carbocycles. The van der Waals surface area contributed by atoms with E-state index in [0.717, 1.165) is 0 Å².